The zero-order chi connectivity index (χ0) is 35.0. The molecule has 3 amide bonds. The number of halogens is 2. The van der Waals surface area contributed by atoms with Gasteiger partial charge >= 0.3 is 0 Å². The number of carbonyl (C=O) groups excluding carboxylic acids is 3. The summed E-state index contributed by atoms with van der Waals surface area (Å²) in [5.74, 6) is -0.688. The van der Waals surface area contributed by atoms with Gasteiger partial charge in [0, 0.05) is 27.4 Å². The van der Waals surface area contributed by atoms with Crippen LogP contribution >= 0.6 is 35.0 Å². The molecular formula is C39H30Cl2N4O4S. The molecule has 0 radical (unpaired) electrons. The Bertz CT molecular complexity index is 2170. The fraction of sp³-hybridized carbons (Fsp3) is 0.0769. The first-order chi connectivity index (χ1) is 24.3. The molecule has 1 unspecified atom stereocenters. The molecule has 5 aromatic carbocycles. The molecule has 0 saturated carbocycles. The van der Waals surface area contributed by atoms with E-state index >= 15 is 0 Å². The van der Waals surface area contributed by atoms with Crippen LogP contribution in [0.3, 0.4) is 0 Å². The lowest BCUT2D eigenvalue weighted by Gasteiger charge is -2.16. The largest absolute Gasteiger partial charge is 0.436 e. The minimum Gasteiger partial charge on any atom is -0.436 e. The first kappa shape index (κ1) is 34.5. The fourth-order valence-corrected chi connectivity index (χ4v) is 6.35. The molecule has 0 spiro atoms. The van der Waals surface area contributed by atoms with Gasteiger partial charge in [0.1, 0.15) is 11.2 Å². The number of para-hydroxylation sites is 2. The predicted molar refractivity (Wildman–Crippen MR) is 201 cm³/mol. The Morgan fingerprint density at radius 2 is 1.56 bits per heavy atom. The number of hydrogen-bond acceptors (Lipinski definition) is 6. The molecule has 3 N–H and O–H groups in total. The van der Waals surface area contributed by atoms with Crippen molar-refractivity contribution in [2.45, 2.75) is 23.5 Å². The molecule has 0 aliphatic rings. The van der Waals surface area contributed by atoms with Gasteiger partial charge in [0.25, 0.3) is 11.8 Å². The first-order valence-corrected chi connectivity index (χ1v) is 17.3. The van der Waals surface area contributed by atoms with Crippen LogP contribution in [0.25, 0.3) is 28.6 Å². The molecule has 1 aromatic heterocycles. The highest BCUT2D eigenvalue weighted by molar-refractivity contribution is 8.00. The average Bonchev–Trinajstić information content (AvgIpc) is 3.57. The van der Waals surface area contributed by atoms with Gasteiger partial charge in [-0.15, -0.1) is 11.8 Å². The molecular weight excluding hydrogens is 691 g/mol. The van der Waals surface area contributed by atoms with Gasteiger partial charge in [-0.2, -0.15) is 0 Å². The number of thioether (sulfide) groups is 1. The highest BCUT2D eigenvalue weighted by atomic mass is 35.5. The minimum absolute atomic E-state index is 0.0333. The van der Waals surface area contributed by atoms with Crippen LogP contribution in [0, 0.1) is 0 Å². The van der Waals surface area contributed by atoms with Crippen molar-refractivity contribution in [3.8, 4) is 11.5 Å². The monoisotopic (exact) mass is 720 g/mol. The van der Waals surface area contributed by atoms with Crippen molar-refractivity contribution in [2.24, 2.45) is 0 Å². The summed E-state index contributed by atoms with van der Waals surface area (Å²) in [4.78, 5) is 45.2. The maximum atomic E-state index is 13.6. The quantitative estimate of drug-likeness (QED) is 0.0907. The molecule has 0 saturated heterocycles. The molecule has 6 aromatic rings. The molecule has 0 aliphatic carbocycles. The lowest BCUT2D eigenvalue weighted by molar-refractivity contribution is -0.116. The normalized spacial score (nSPS) is 11.9. The maximum absolute atomic E-state index is 13.6. The number of aromatic nitrogens is 1. The van der Waals surface area contributed by atoms with E-state index in [4.69, 9.17) is 27.6 Å². The SMILES string of the molecule is CCC(Sc1cccc(NC(=O)/C(=C\c2cccc(Cl)c2Cl)NC(=O)c2ccccc2)c1)C(=O)Nc1ccc(-c2nc3ccccc3o2)cc1. The van der Waals surface area contributed by atoms with Crippen molar-refractivity contribution in [3.05, 3.63) is 148 Å². The second-order valence-corrected chi connectivity index (χ2v) is 13.1. The smallest absolute Gasteiger partial charge is 0.272 e. The van der Waals surface area contributed by atoms with Crippen molar-refractivity contribution in [1.29, 1.82) is 0 Å². The number of nitrogens with zero attached hydrogens (tertiary/aromatic N) is 1. The van der Waals surface area contributed by atoms with Crippen LogP contribution in [0.5, 0.6) is 0 Å². The van der Waals surface area contributed by atoms with E-state index in [0.717, 1.165) is 16.0 Å². The number of carbonyl (C=O) groups is 3. The number of anilines is 2. The number of nitrogens with one attached hydrogen (secondary N) is 3. The Hall–Kier alpha value is -5.35. The third kappa shape index (κ3) is 8.44. The number of rotatable bonds is 11. The van der Waals surface area contributed by atoms with E-state index in [1.165, 1.54) is 17.8 Å². The van der Waals surface area contributed by atoms with Gasteiger partial charge in [-0.05, 0) is 90.9 Å². The third-order valence-corrected chi connectivity index (χ3v) is 9.73. The maximum Gasteiger partial charge on any atom is 0.272 e. The second kappa shape index (κ2) is 15.9. The molecule has 0 fully saturated rings. The van der Waals surface area contributed by atoms with Crippen LogP contribution < -0.4 is 16.0 Å². The average molecular weight is 722 g/mol. The summed E-state index contributed by atoms with van der Waals surface area (Å²) < 4.78 is 5.85. The van der Waals surface area contributed by atoms with Crippen LogP contribution in [0.15, 0.2) is 136 Å². The van der Waals surface area contributed by atoms with Crippen LogP contribution in [0.2, 0.25) is 10.0 Å². The summed E-state index contributed by atoms with van der Waals surface area (Å²) in [6, 6.07) is 35.6. The number of benzene rings is 5. The van der Waals surface area contributed by atoms with E-state index in [1.54, 1.807) is 66.7 Å². The van der Waals surface area contributed by atoms with Crippen molar-refractivity contribution in [3.63, 3.8) is 0 Å². The standard InChI is InChI=1S/C39H30Cl2N4O4S/c1-2-34(38(48)42-27-20-18-25(19-21-27)39-45-31-16-6-7-17-33(31)49-39)50-29-14-9-13-28(23-29)43-37(47)32(22-26-12-8-15-30(40)35(26)41)44-36(46)24-10-4-3-5-11-24/h3-23,34H,2H2,1H3,(H,42,48)(H,43,47)(H,44,46)/b32-22+. The van der Waals surface area contributed by atoms with Crippen LogP contribution in [0.4, 0.5) is 11.4 Å². The molecule has 1 atom stereocenters. The Morgan fingerprint density at radius 3 is 2.32 bits per heavy atom. The lowest BCUT2D eigenvalue weighted by atomic mass is 10.1. The lowest BCUT2D eigenvalue weighted by Crippen LogP contribution is -2.30. The number of fused-ring (bicyclic) bond motifs is 1. The second-order valence-electron chi connectivity index (χ2n) is 11.1. The Kier molecular flexibility index (Phi) is 11.0. The Morgan fingerprint density at radius 1 is 0.820 bits per heavy atom. The highest BCUT2D eigenvalue weighted by Crippen LogP contribution is 2.31. The van der Waals surface area contributed by atoms with Crippen molar-refractivity contribution >= 4 is 81.2 Å². The van der Waals surface area contributed by atoms with Gasteiger partial charge in [-0.3, -0.25) is 14.4 Å². The minimum atomic E-state index is -0.571. The Balaban J connectivity index is 1.13. The van der Waals surface area contributed by atoms with Gasteiger partial charge in [-0.25, -0.2) is 4.98 Å². The summed E-state index contributed by atoms with van der Waals surface area (Å²) in [6.45, 7) is 1.94. The van der Waals surface area contributed by atoms with E-state index in [9.17, 15) is 14.4 Å². The molecule has 11 heteroatoms. The molecule has 0 bridgehead atoms. The third-order valence-electron chi connectivity index (χ3n) is 7.54. The number of oxazole rings is 1. The van der Waals surface area contributed by atoms with E-state index in [-0.39, 0.29) is 16.6 Å². The van der Waals surface area contributed by atoms with Crippen molar-refractivity contribution in [2.75, 3.05) is 10.6 Å². The van der Waals surface area contributed by atoms with Crippen LogP contribution in [0.1, 0.15) is 29.3 Å². The van der Waals surface area contributed by atoms with E-state index in [1.807, 2.05) is 61.5 Å². The molecule has 0 aliphatic heterocycles. The molecule has 6 rings (SSSR count). The van der Waals surface area contributed by atoms with Crippen molar-refractivity contribution in [1.82, 2.24) is 10.3 Å². The summed E-state index contributed by atoms with van der Waals surface area (Å²) in [5, 5.41) is 8.70. The molecule has 50 heavy (non-hydrogen) atoms. The van der Waals surface area contributed by atoms with E-state index in [0.29, 0.717) is 45.4 Å². The molecule has 1 heterocycles. The topological polar surface area (TPSA) is 113 Å². The summed E-state index contributed by atoms with van der Waals surface area (Å²) in [6.07, 6.45) is 2.03. The number of hydrogen-bond donors (Lipinski definition) is 3. The van der Waals surface area contributed by atoms with Crippen molar-refractivity contribution < 1.29 is 18.8 Å². The summed E-state index contributed by atoms with van der Waals surface area (Å²) >= 11 is 14.0. The van der Waals surface area contributed by atoms with Crippen LogP contribution in [-0.2, 0) is 9.59 Å². The summed E-state index contributed by atoms with van der Waals surface area (Å²) in [7, 11) is 0. The zero-order valence-corrected chi connectivity index (χ0v) is 29.0. The zero-order valence-electron chi connectivity index (χ0n) is 26.7. The van der Waals surface area contributed by atoms with Crippen LogP contribution in [-0.4, -0.2) is 28.0 Å². The van der Waals surface area contributed by atoms with E-state index < -0.39 is 17.1 Å². The van der Waals surface area contributed by atoms with Gasteiger partial charge in [0.2, 0.25) is 11.8 Å². The number of amides is 3. The van der Waals surface area contributed by atoms with Gasteiger partial charge in [0.05, 0.1) is 15.3 Å². The van der Waals surface area contributed by atoms with Gasteiger partial charge in [0.15, 0.2) is 5.58 Å². The predicted octanol–water partition coefficient (Wildman–Crippen LogP) is 9.72. The van der Waals surface area contributed by atoms with E-state index in [2.05, 4.69) is 20.9 Å². The molecule has 250 valence electrons. The highest BCUT2D eigenvalue weighted by Gasteiger charge is 2.20. The first-order valence-electron chi connectivity index (χ1n) is 15.6. The molecule has 8 nitrogen and oxygen atoms in total. The van der Waals surface area contributed by atoms with Gasteiger partial charge < -0.3 is 20.4 Å². The summed E-state index contributed by atoms with van der Waals surface area (Å²) in [5.41, 5.74) is 4.21. The Labute approximate surface area is 302 Å². The van der Waals surface area contributed by atoms with Gasteiger partial charge in [-0.1, -0.05) is 78.7 Å². The fourth-order valence-electron chi connectivity index (χ4n) is 4.98.